The summed E-state index contributed by atoms with van der Waals surface area (Å²) in [6.07, 6.45) is 24.4. The van der Waals surface area contributed by atoms with Crippen LogP contribution >= 0.6 is 0 Å². The van der Waals surface area contributed by atoms with Gasteiger partial charge in [0, 0.05) is 0 Å². The summed E-state index contributed by atoms with van der Waals surface area (Å²) in [4.78, 5) is 0. The van der Waals surface area contributed by atoms with Gasteiger partial charge in [0.1, 0.15) is 5.75 Å². The van der Waals surface area contributed by atoms with Gasteiger partial charge >= 0.3 is 10.4 Å². The Balaban J connectivity index is 0.00000148. The SMILES string of the molecule is CCCCCCCCCCCCOS(=O)(=O)OCCCCCCCCCCCC.Oc1ccccc1. The average molecular weight is 529 g/mol. The predicted molar refractivity (Wildman–Crippen MR) is 153 cm³/mol. The number of para-hydroxylation sites is 1. The van der Waals surface area contributed by atoms with Gasteiger partial charge in [-0.25, -0.2) is 8.37 Å². The summed E-state index contributed by atoms with van der Waals surface area (Å²) in [5.74, 6) is 0.322. The second-order valence-electron chi connectivity index (χ2n) is 9.75. The van der Waals surface area contributed by atoms with Crippen molar-refractivity contribution in [3.63, 3.8) is 0 Å². The number of hydrogen-bond donors (Lipinski definition) is 1. The first kappa shape index (κ1) is 34.9. The fourth-order valence-electron chi connectivity index (χ4n) is 3.96. The summed E-state index contributed by atoms with van der Waals surface area (Å²) < 4.78 is 33.3. The van der Waals surface area contributed by atoms with E-state index in [2.05, 4.69) is 13.8 Å². The van der Waals surface area contributed by atoms with Gasteiger partial charge < -0.3 is 5.11 Å². The molecular weight excluding hydrogens is 472 g/mol. The van der Waals surface area contributed by atoms with E-state index in [1.54, 1.807) is 24.3 Å². The molecule has 1 N–H and O–H groups in total. The lowest BCUT2D eigenvalue weighted by molar-refractivity contribution is 0.208. The van der Waals surface area contributed by atoms with E-state index in [9.17, 15) is 8.42 Å². The molecule has 0 aromatic heterocycles. The maximum Gasteiger partial charge on any atom is 0.399 e. The van der Waals surface area contributed by atoms with E-state index in [1.165, 1.54) is 89.9 Å². The van der Waals surface area contributed by atoms with E-state index in [0.717, 1.165) is 38.5 Å². The first-order valence-corrected chi connectivity index (χ1v) is 16.1. The molecule has 0 unspecified atom stereocenters. The second kappa shape index (κ2) is 26.9. The molecule has 0 aliphatic rings. The van der Waals surface area contributed by atoms with Crippen LogP contribution in [0.2, 0.25) is 0 Å². The van der Waals surface area contributed by atoms with Gasteiger partial charge in [-0.15, -0.1) is 0 Å². The lowest BCUT2D eigenvalue weighted by atomic mass is 10.1. The smallest absolute Gasteiger partial charge is 0.399 e. The van der Waals surface area contributed by atoms with Crippen LogP contribution in [0.5, 0.6) is 5.75 Å². The van der Waals surface area contributed by atoms with Crippen molar-refractivity contribution in [1.82, 2.24) is 0 Å². The molecule has 0 spiro atoms. The predicted octanol–water partition coefficient (Wildman–Crippen LogP) is 9.50. The second-order valence-corrected chi connectivity index (χ2v) is 11.0. The standard InChI is InChI=1S/C24H50O4S.C6H6O/c1-3-5-7-9-11-13-15-17-19-21-23-27-29(25,26)28-24-22-20-18-16-14-12-10-8-6-4-2;7-6-4-2-1-3-5-6/h3-24H2,1-2H3;1-5,7H. The molecule has 0 fully saturated rings. The molecule has 0 bridgehead atoms. The van der Waals surface area contributed by atoms with Crippen LogP contribution in [0, 0.1) is 0 Å². The van der Waals surface area contributed by atoms with Gasteiger partial charge in [0.2, 0.25) is 0 Å². The monoisotopic (exact) mass is 528 g/mol. The van der Waals surface area contributed by atoms with Crippen LogP contribution in [0.3, 0.4) is 0 Å². The van der Waals surface area contributed by atoms with Gasteiger partial charge in [0.25, 0.3) is 0 Å². The fraction of sp³-hybridized carbons (Fsp3) is 0.800. The molecule has 0 heterocycles. The number of unbranched alkanes of at least 4 members (excludes halogenated alkanes) is 18. The Bertz CT molecular complexity index is 617. The molecule has 1 aromatic rings. The van der Waals surface area contributed by atoms with Gasteiger partial charge in [-0.1, -0.05) is 148 Å². The van der Waals surface area contributed by atoms with Crippen LogP contribution in [-0.2, 0) is 18.8 Å². The molecule has 0 aliphatic heterocycles. The Labute approximate surface area is 223 Å². The number of benzene rings is 1. The Kier molecular flexibility index (Phi) is 26.1. The number of phenols is 1. The molecular formula is C30H56O5S. The van der Waals surface area contributed by atoms with Gasteiger partial charge in [-0.3, -0.25) is 0 Å². The third kappa shape index (κ3) is 27.5. The van der Waals surface area contributed by atoms with Crippen LogP contribution < -0.4 is 0 Å². The lowest BCUT2D eigenvalue weighted by Gasteiger charge is -2.06. The lowest BCUT2D eigenvalue weighted by Crippen LogP contribution is -2.12. The molecule has 0 saturated heterocycles. The molecule has 36 heavy (non-hydrogen) atoms. The highest BCUT2D eigenvalue weighted by molar-refractivity contribution is 7.81. The van der Waals surface area contributed by atoms with Crippen molar-refractivity contribution in [3.05, 3.63) is 30.3 Å². The Morgan fingerprint density at radius 2 is 0.833 bits per heavy atom. The summed E-state index contributed by atoms with van der Waals surface area (Å²) >= 11 is 0. The number of rotatable bonds is 24. The van der Waals surface area contributed by atoms with Gasteiger partial charge in [0.05, 0.1) is 13.2 Å². The molecule has 6 heteroatoms. The first-order chi connectivity index (χ1) is 17.5. The van der Waals surface area contributed by atoms with Gasteiger partial charge in [0.15, 0.2) is 0 Å². The van der Waals surface area contributed by atoms with Crippen LogP contribution in [0.1, 0.15) is 142 Å². The molecule has 1 rings (SSSR count). The molecule has 212 valence electrons. The van der Waals surface area contributed by atoms with Crippen LogP contribution in [-0.4, -0.2) is 26.7 Å². The molecule has 5 nitrogen and oxygen atoms in total. The van der Waals surface area contributed by atoms with Crippen molar-refractivity contribution in [3.8, 4) is 5.75 Å². The normalized spacial score (nSPS) is 11.3. The van der Waals surface area contributed by atoms with Crippen molar-refractivity contribution in [2.24, 2.45) is 0 Å². The molecule has 0 amide bonds. The number of phenolic OH excluding ortho intramolecular Hbond substituents is 1. The molecule has 0 saturated carbocycles. The zero-order valence-electron chi connectivity index (χ0n) is 23.4. The van der Waals surface area contributed by atoms with Crippen LogP contribution in [0.25, 0.3) is 0 Å². The quantitative estimate of drug-likeness (QED) is 0.135. The van der Waals surface area contributed by atoms with E-state index in [0.29, 0.717) is 5.75 Å². The first-order valence-electron chi connectivity index (χ1n) is 14.8. The Morgan fingerprint density at radius 1 is 0.528 bits per heavy atom. The van der Waals surface area contributed by atoms with E-state index < -0.39 is 10.4 Å². The minimum Gasteiger partial charge on any atom is -0.508 e. The van der Waals surface area contributed by atoms with E-state index >= 15 is 0 Å². The highest BCUT2D eigenvalue weighted by Crippen LogP contribution is 2.12. The van der Waals surface area contributed by atoms with Crippen molar-refractivity contribution in [2.45, 2.75) is 142 Å². The third-order valence-electron chi connectivity index (χ3n) is 6.21. The van der Waals surface area contributed by atoms with Crippen molar-refractivity contribution in [2.75, 3.05) is 13.2 Å². The van der Waals surface area contributed by atoms with E-state index in [4.69, 9.17) is 13.5 Å². The van der Waals surface area contributed by atoms with Crippen molar-refractivity contribution < 1.29 is 21.9 Å². The van der Waals surface area contributed by atoms with Gasteiger partial charge in [-0.2, -0.15) is 8.42 Å². The van der Waals surface area contributed by atoms with Crippen LogP contribution in [0.4, 0.5) is 0 Å². The average Bonchev–Trinajstić information content (AvgIpc) is 2.86. The molecule has 0 radical (unpaired) electrons. The zero-order valence-corrected chi connectivity index (χ0v) is 24.2. The largest absolute Gasteiger partial charge is 0.508 e. The highest BCUT2D eigenvalue weighted by Gasteiger charge is 2.11. The fourth-order valence-corrected chi connectivity index (χ4v) is 4.67. The molecule has 0 atom stereocenters. The number of hydrogen-bond acceptors (Lipinski definition) is 5. The van der Waals surface area contributed by atoms with Crippen LogP contribution in [0.15, 0.2) is 30.3 Å². The Hall–Kier alpha value is -1.11. The minimum atomic E-state index is -3.80. The van der Waals surface area contributed by atoms with Crippen molar-refractivity contribution in [1.29, 1.82) is 0 Å². The van der Waals surface area contributed by atoms with Crippen molar-refractivity contribution >= 4 is 10.4 Å². The van der Waals surface area contributed by atoms with E-state index in [-0.39, 0.29) is 13.2 Å². The summed E-state index contributed by atoms with van der Waals surface area (Å²) in [6, 6.07) is 8.71. The maximum absolute atomic E-state index is 11.7. The van der Waals surface area contributed by atoms with Gasteiger partial charge in [-0.05, 0) is 25.0 Å². The molecule has 1 aromatic carbocycles. The Morgan fingerprint density at radius 3 is 1.11 bits per heavy atom. The highest BCUT2D eigenvalue weighted by atomic mass is 32.3. The summed E-state index contributed by atoms with van der Waals surface area (Å²) in [5, 5.41) is 8.63. The topological polar surface area (TPSA) is 72.8 Å². The summed E-state index contributed by atoms with van der Waals surface area (Å²) in [6.45, 7) is 4.98. The maximum atomic E-state index is 11.7. The third-order valence-corrected chi connectivity index (χ3v) is 7.12. The summed E-state index contributed by atoms with van der Waals surface area (Å²) in [5.41, 5.74) is 0. The molecule has 0 aliphatic carbocycles. The zero-order chi connectivity index (χ0) is 26.6. The number of aromatic hydroxyl groups is 1. The summed E-state index contributed by atoms with van der Waals surface area (Å²) in [7, 11) is -3.80. The minimum absolute atomic E-state index is 0.247. The van der Waals surface area contributed by atoms with E-state index in [1.807, 2.05) is 6.07 Å².